The fourth-order valence-corrected chi connectivity index (χ4v) is 4.62. The number of nitrogens with zero attached hydrogens (tertiary/aromatic N) is 2. The van der Waals surface area contributed by atoms with E-state index in [1.165, 1.54) is 16.7 Å². The number of quaternary nitrogens is 1. The van der Waals surface area contributed by atoms with Gasteiger partial charge < -0.3 is 9.80 Å². The van der Waals surface area contributed by atoms with Gasteiger partial charge in [0.1, 0.15) is 4.32 Å². The summed E-state index contributed by atoms with van der Waals surface area (Å²) in [7, 11) is 2.14. The maximum Gasteiger partial charge on any atom is 0.266 e. The largest absolute Gasteiger partial charge is 0.334 e. The highest BCUT2D eigenvalue weighted by atomic mass is 32.2. The van der Waals surface area contributed by atoms with Gasteiger partial charge in [0.2, 0.25) is 5.91 Å². The van der Waals surface area contributed by atoms with Crippen LogP contribution in [0.3, 0.4) is 0 Å². The molecule has 0 saturated carbocycles. The van der Waals surface area contributed by atoms with Crippen LogP contribution in [0.4, 0.5) is 0 Å². The molecular formula is C21H26N3O2S2+. The van der Waals surface area contributed by atoms with Gasteiger partial charge in [-0.1, -0.05) is 60.4 Å². The van der Waals surface area contributed by atoms with Gasteiger partial charge in [0.25, 0.3) is 5.91 Å². The van der Waals surface area contributed by atoms with Crippen molar-refractivity contribution < 1.29 is 14.5 Å². The first-order valence-corrected chi connectivity index (χ1v) is 10.7. The van der Waals surface area contributed by atoms with Crippen molar-refractivity contribution in [1.29, 1.82) is 0 Å². The molecule has 2 aliphatic heterocycles. The first-order chi connectivity index (χ1) is 13.4. The van der Waals surface area contributed by atoms with Crippen molar-refractivity contribution in [1.82, 2.24) is 9.80 Å². The average Bonchev–Trinajstić information content (AvgIpc) is 2.94. The number of carbonyl (C=O) groups is 2. The molecule has 0 radical (unpaired) electrons. The van der Waals surface area contributed by atoms with E-state index in [9.17, 15) is 9.59 Å². The average molecular weight is 417 g/mol. The molecule has 1 aromatic rings. The third kappa shape index (κ3) is 5.31. The monoisotopic (exact) mass is 416 g/mol. The van der Waals surface area contributed by atoms with E-state index in [2.05, 4.69) is 7.05 Å². The van der Waals surface area contributed by atoms with Crippen LogP contribution in [0, 0.1) is 0 Å². The highest BCUT2D eigenvalue weighted by Gasteiger charge is 2.32. The lowest BCUT2D eigenvalue weighted by Gasteiger charge is -2.30. The van der Waals surface area contributed by atoms with Crippen LogP contribution in [0.25, 0.3) is 6.08 Å². The predicted octanol–water partition coefficient (Wildman–Crippen LogP) is 1.58. The predicted molar refractivity (Wildman–Crippen MR) is 118 cm³/mol. The van der Waals surface area contributed by atoms with Gasteiger partial charge >= 0.3 is 0 Å². The molecule has 0 unspecified atom stereocenters. The molecule has 0 bridgehead atoms. The van der Waals surface area contributed by atoms with Crippen LogP contribution in [0.5, 0.6) is 0 Å². The molecule has 0 atom stereocenters. The normalized spacial score (nSPS) is 20.4. The van der Waals surface area contributed by atoms with Gasteiger partial charge in [-0.05, 0) is 24.1 Å². The van der Waals surface area contributed by atoms with Gasteiger partial charge in [-0.25, -0.2) is 0 Å². The molecule has 1 N–H and O–H groups in total. The molecule has 148 valence electrons. The molecule has 1 aromatic carbocycles. The van der Waals surface area contributed by atoms with Crippen molar-refractivity contribution in [2.24, 2.45) is 0 Å². The summed E-state index contributed by atoms with van der Waals surface area (Å²) in [5, 5.41) is 0. The molecule has 7 heteroatoms. The molecule has 2 heterocycles. The van der Waals surface area contributed by atoms with Crippen molar-refractivity contribution >= 4 is 46.2 Å². The topological polar surface area (TPSA) is 45.1 Å². The number of benzene rings is 1. The maximum atomic E-state index is 12.7. The van der Waals surface area contributed by atoms with Crippen LogP contribution in [-0.4, -0.2) is 65.7 Å². The molecule has 0 aromatic heterocycles. The van der Waals surface area contributed by atoms with Crippen LogP contribution in [0.2, 0.25) is 0 Å². The first-order valence-electron chi connectivity index (χ1n) is 9.52. The number of rotatable bonds is 5. The van der Waals surface area contributed by atoms with E-state index in [1.54, 1.807) is 4.90 Å². The number of hydrogen-bond donors (Lipinski definition) is 1. The van der Waals surface area contributed by atoms with Crippen LogP contribution in [0.15, 0.2) is 46.9 Å². The zero-order valence-electron chi connectivity index (χ0n) is 16.3. The number of thioether (sulfide) groups is 1. The van der Waals surface area contributed by atoms with Gasteiger partial charge in [-0.3, -0.25) is 14.5 Å². The summed E-state index contributed by atoms with van der Waals surface area (Å²) >= 11 is 6.69. The zero-order chi connectivity index (χ0) is 20.1. The van der Waals surface area contributed by atoms with E-state index in [0.29, 0.717) is 22.2 Å². The fraction of sp³-hybridized carbons (Fsp3) is 0.381. The number of piperazine rings is 1. The van der Waals surface area contributed by atoms with E-state index in [0.717, 1.165) is 37.3 Å². The summed E-state index contributed by atoms with van der Waals surface area (Å²) in [6, 6.07) is 9.99. The minimum absolute atomic E-state index is 0.102. The summed E-state index contributed by atoms with van der Waals surface area (Å²) in [6.07, 6.45) is 4.22. The highest BCUT2D eigenvalue weighted by molar-refractivity contribution is 8.26. The smallest absolute Gasteiger partial charge is 0.266 e. The number of amides is 2. The molecular weight excluding hydrogens is 390 g/mol. The molecule has 0 spiro atoms. The van der Waals surface area contributed by atoms with Crippen LogP contribution in [-0.2, 0) is 9.59 Å². The Morgan fingerprint density at radius 2 is 1.93 bits per heavy atom. The van der Waals surface area contributed by atoms with Crippen molar-refractivity contribution in [3.8, 4) is 0 Å². The third-order valence-electron chi connectivity index (χ3n) is 4.95. The highest BCUT2D eigenvalue weighted by Crippen LogP contribution is 2.32. The van der Waals surface area contributed by atoms with Gasteiger partial charge in [-0.2, -0.15) is 0 Å². The number of nitrogens with one attached hydrogen (secondary N) is 1. The summed E-state index contributed by atoms with van der Waals surface area (Å²) in [6.45, 7) is 5.84. The van der Waals surface area contributed by atoms with E-state index >= 15 is 0 Å². The zero-order valence-corrected chi connectivity index (χ0v) is 17.9. The van der Waals surface area contributed by atoms with Crippen molar-refractivity contribution in [2.45, 2.75) is 13.3 Å². The second-order valence-electron chi connectivity index (χ2n) is 7.22. The second-order valence-corrected chi connectivity index (χ2v) is 8.90. The Balaban J connectivity index is 1.59. The van der Waals surface area contributed by atoms with Gasteiger partial charge in [0, 0.05) is 13.0 Å². The quantitative estimate of drug-likeness (QED) is 0.585. The minimum Gasteiger partial charge on any atom is -0.334 e. The first kappa shape index (κ1) is 20.8. The van der Waals surface area contributed by atoms with E-state index < -0.39 is 0 Å². The number of carbonyl (C=O) groups excluding carboxylic acids is 2. The summed E-state index contributed by atoms with van der Waals surface area (Å²) in [5.41, 5.74) is 2.08. The van der Waals surface area contributed by atoms with Gasteiger partial charge in [-0.15, -0.1) is 0 Å². The van der Waals surface area contributed by atoms with Gasteiger partial charge in [0.15, 0.2) is 0 Å². The molecule has 2 fully saturated rings. The SMILES string of the molecule is CC(=C/c1ccccc1)/C=C1/SC(=S)N(CCC(=O)N2CC[NH+](C)CC2)C1=O. The maximum absolute atomic E-state index is 12.7. The van der Waals surface area contributed by atoms with Crippen molar-refractivity contribution in [2.75, 3.05) is 39.8 Å². The lowest BCUT2D eigenvalue weighted by atomic mass is 10.1. The Hall–Kier alpha value is -1.96. The third-order valence-corrected chi connectivity index (χ3v) is 6.32. The van der Waals surface area contributed by atoms with E-state index in [-0.39, 0.29) is 11.8 Å². The number of likely N-dealkylation sites (N-methyl/N-ethyl adjacent to an activating group) is 1. The van der Waals surface area contributed by atoms with Gasteiger partial charge in [0.05, 0.1) is 38.1 Å². The molecule has 2 amide bonds. The van der Waals surface area contributed by atoms with Crippen molar-refractivity contribution in [3.05, 3.63) is 52.4 Å². The minimum atomic E-state index is -0.105. The molecule has 28 heavy (non-hydrogen) atoms. The number of thiocarbonyl (C=S) groups is 1. The molecule has 5 nitrogen and oxygen atoms in total. The Morgan fingerprint density at radius 1 is 1.25 bits per heavy atom. The standard InChI is InChI=1S/C21H25N3O2S2/c1-16(14-17-6-4-3-5-7-17)15-18-20(26)24(21(27)28-18)9-8-19(25)23-12-10-22(2)11-13-23/h3-7,14-15H,8-13H2,1-2H3/p+1/b16-14-,18-15+. The Labute approximate surface area is 176 Å². The second kappa shape index (κ2) is 9.49. The van der Waals surface area contributed by atoms with Crippen LogP contribution < -0.4 is 4.90 Å². The lowest BCUT2D eigenvalue weighted by Crippen LogP contribution is -3.12. The summed E-state index contributed by atoms with van der Waals surface area (Å²) in [4.78, 5) is 30.7. The molecule has 3 rings (SSSR count). The van der Waals surface area contributed by atoms with E-state index in [4.69, 9.17) is 12.2 Å². The fourth-order valence-electron chi connectivity index (χ4n) is 3.26. The summed E-state index contributed by atoms with van der Waals surface area (Å²) < 4.78 is 0.527. The Morgan fingerprint density at radius 3 is 2.61 bits per heavy atom. The molecule has 0 aliphatic carbocycles. The summed E-state index contributed by atoms with van der Waals surface area (Å²) in [5.74, 6) is -0.00267. The lowest BCUT2D eigenvalue weighted by molar-refractivity contribution is -0.883. The number of hydrogen-bond acceptors (Lipinski definition) is 4. The Bertz CT molecular complexity index is 812. The van der Waals surface area contributed by atoms with E-state index in [1.807, 2.05) is 54.3 Å². The molecule has 2 saturated heterocycles. The molecule has 2 aliphatic rings. The van der Waals surface area contributed by atoms with Crippen LogP contribution in [0.1, 0.15) is 18.9 Å². The Kier molecular flexibility index (Phi) is 7.04. The number of allylic oxidation sites excluding steroid dienone is 2. The van der Waals surface area contributed by atoms with Crippen molar-refractivity contribution in [3.63, 3.8) is 0 Å². The van der Waals surface area contributed by atoms with Crippen LogP contribution >= 0.6 is 24.0 Å².